The number of hydrogen-bond donors (Lipinski definition) is 3. The van der Waals surface area contributed by atoms with E-state index in [9.17, 15) is 9.59 Å². The Hall–Kier alpha value is -2.58. The maximum Gasteiger partial charge on any atom is 0.327 e. The number of aromatic nitrogens is 1. The zero-order chi connectivity index (χ0) is 22.2. The first-order valence-corrected chi connectivity index (χ1v) is 12.3. The lowest BCUT2D eigenvalue weighted by Crippen LogP contribution is -2.52. The standard InChI is InChI=1S/C24H29N5O2S/c1-14(2)11-15-5-3-7-17(12-15)29-18-8-10-26-23-19(18)20(28-24(29)31)21(32-23)22(30)27-16-6-4-9-25-13-16/h3,5,7-8,10,12,14,16,20-21,25H,4,6,9,11,13H2,1-2H3,(H,27,30)(H,28,31)/t16?,20?,21-/m1/s1. The van der Waals surface area contributed by atoms with Crippen LogP contribution in [-0.2, 0) is 11.2 Å². The number of piperidine rings is 1. The molecular weight excluding hydrogens is 422 g/mol. The smallest absolute Gasteiger partial charge is 0.327 e. The second-order valence-electron chi connectivity index (χ2n) is 9.17. The van der Waals surface area contributed by atoms with Crippen molar-refractivity contribution >= 4 is 35.1 Å². The minimum absolute atomic E-state index is 0.0367. The van der Waals surface area contributed by atoms with Crippen molar-refractivity contribution in [1.82, 2.24) is 20.9 Å². The quantitative estimate of drug-likeness (QED) is 0.648. The van der Waals surface area contributed by atoms with Crippen molar-refractivity contribution in [1.29, 1.82) is 0 Å². The third kappa shape index (κ3) is 3.97. The van der Waals surface area contributed by atoms with Gasteiger partial charge in [0.15, 0.2) is 0 Å². The number of benzene rings is 1. The number of nitrogens with one attached hydrogen (secondary N) is 3. The summed E-state index contributed by atoms with van der Waals surface area (Å²) in [5.41, 5.74) is 3.78. The number of urea groups is 1. The van der Waals surface area contributed by atoms with Crippen LogP contribution in [0.25, 0.3) is 0 Å². The molecule has 0 bridgehead atoms. The zero-order valence-corrected chi connectivity index (χ0v) is 19.2. The van der Waals surface area contributed by atoms with E-state index in [1.54, 1.807) is 11.1 Å². The Labute approximate surface area is 192 Å². The van der Waals surface area contributed by atoms with Crippen molar-refractivity contribution < 1.29 is 9.59 Å². The Morgan fingerprint density at radius 1 is 1.34 bits per heavy atom. The second-order valence-corrected chi connectivity index (χ2v) is 10.3. The molecule has 3 N–H and O–H groups in total. The number of carbonyl (C=O) groups is 2. The molecule has 3 amide bonds. The number of pyridine rings is 1. The van der Waals surface area contributed by atoms with E-state index in [4.69, 9.17) is 0 Å². The van der Waals surface area contributed by atoms with Crippen molar-refractivity contribution in [2.45, 2.75) is 55.5 Å². The van der Waals surface area contributed by atoms with Gasteiger partial charge in [-0.15, -0.1) is 0 Å². The predicted molar refractivity (Wildman–Crippen MR) is 126 cm³/mol. The lowest BCUT2D eigenvalue weighted by atomic mass is 9.98. The molecule has 4 heterocycles. The van der Waals surface area contributed by atoms with Crippen LogP contribution >= 0.6 is 11.8 Å². The van der Waals surface area contributed by atoms with Gasteiger partial charge < -0.3 is 16.0 Å². The van der Waals surface area contributed by atoms with Crippen molar-refractivity contribution in [2.75, 3.05) is 18.0 Å². The molecule has 0 aliphatic carbocycles. The van der Waals surface area contributed by atoms with Gasteiger partial charge in [0.25, 0.3) is 0 Å². The van der Waals surface area contributed by atoms with Crippen LogP contribution in [0.4, 0.5) is 16.2 Å². The van der Waals surface area contributed by atoms with E-state index in [1.165, 1.54) is 17.3 Å². The van der Waals surface area contributed by atoms with Crippen LogP contribution < -0.4 is 20.9 Å². The molecule has 2 aromatic rings. The molecule has 1 aromatic heterocycles. The van der Waals surface area contributed by atoms with Crippen LogP contribution in [0.1, 0.15) is 43.9 Å². The van der Waals surface area contributed by atoms with Crippen LogP contribution in [0.2, 0.25) is 0 Å². The molecule has 5 rings (SSSR count). The Morgan fingerprint density at radius 2 is 2.22 bits per heavy atom. The summed E-state index contributed by atoms with van der Waals surface area (Å²) in [4.78, 5) is 32.7. The summed E-state index contributed by atoms with van der Waals surface area (Å²) in [6.07, 6.45) is 4.71. The highest BCUT2D eigenvalue weighted by atomic mass is 32.2. The number of amides is 3. The number of anilines is 2. The monoisotopic (exact) mass is 451 g/mol. The minimum atomic E-state index is -0.418. The van der Waals surface area contributed by atoms with Crippen molar-refractivity contribution in [3.8, 4) is 0 Å². The Balaban J connectivity index is 1.44. The van der Waals surface area contributed by atoms with Crippen LogP contribution in [0.5, 0.6) is 0 Å². The molecule has 2 unspecified atom stereocenters. The van der Waals surface area contributed by atoms with Crippen molar-refractivity contribution in [3.05, 3.63) is 47.7 Å². The summed E-state index contributed by atoms with van der Waals surface area (Å²) in [5.74, 6) is 0.496. The van der Waals surface area contributed by atoms with E-state index in [1.807, 2.05) is 18.2 Å². The predicted octanol–water partition coefficient (Wildman–Crippen LogP) is 3.53. The largest absolute Gasteiger partial charge is 0.351 e. The summed E-state index contributed by atoms with van der Waals surface area (Å²) in [6.45, 7) is 6.16. The summed E-state index contributed by atoms with van der Waals surface area (Å²) in [7, 11) is 0. The topological polar surface area (TPSA) is 86.4 Å². The van der Waals surface area contributed by atoms with E-state index in [-0.39, 0.29) is 24.0 Å². The number of thioether (sulfide) groups is 1. The molecule has 0 radical (unpaired) electrons. The molecule has 3 aliphatic rings. The normalized spacial score (nSPS) is 24.3. The summed E-state index contributed by atoms with van der Waals surface area (Å²) < 4.78 is 0. The van der Waals surface area contributed by atoms with Crippen molar-refractivity contribution in [3.63, 3.8) is 0 Å². The SMILES string of the molecule is CC(C)Cc1cccc(N2C(=O)NC3c4c2ccnc4S[C@H]3C(=O)NC2CCCNC2)c1. The first-order valence-electron chi connectivity index (χ1n) is 11.4. The van der Waals surface area contributed by atoms with Gasteiger partial charge in [-0.3, -0.25) is 9.69 Å². The minimum Gasteiger partial charge on any atom is -0.351 e. The van der Waals surface area contributed by atoms with E-state index >= 15 is 0 Å². The fraction of sp³-hybridized carbons (Fsp3) is 0.458. The van der Waals surface area contributed by atoms with Gasteiger partial charge >= 0.3 is 6.03 Å². The molecule has 3 atom stereocenters. The number of rotatable bonds is 5. The lowest BCUT2D eigenvalue weighted by Gasteiger charge is -2.34. The van der Waals surface area contributed by atoms with Crippen LogP contribution in [0.3, 0.4) is 0 Å². The van der Waals surface area contributed by atoms with Gasteiger partial charge in [0.2, 0.25) is 5.91 Å². The highest BCUT2D eigenvalue weighted by Crippen LogP contribution is 2.50. The molecule has 1 saturated heterocycles. The van der Waals surface area contributed by atoms with Crippen molar-refractivity contribution in [2.24, 2.45) is 5.92 Å². The van der Waals surface area contributed by atoms with Gasteiger partial charge in [-0.25, -0.2) is 9.78 Å². The summed E-state index contributed by atoms with van der Waals surface area (Å²) in [6, 6.07) is 9.56. The van der Waals surface area contributed by atoms with E-state index in [2.05, 4.69) is 46.9 Å². The molecule has 1 aromatic carbocycles. The molecular formula is C24H29N5O2S. The first-order chi connectivity index (χ1) is 15.5. The fourth-order valence-electron chi connectivity index (χ4n) is 4.83. The Morgan fingerprint density at radius 3 is 3.00 bits per heavy atom. The molecule has 0 saturated carbocycles. The van der Waals surface area contributed by atoms with Gasteiger partial charge in [-0.2, -0.15) is 0 Å². The van der Waals surface area contributed by atoms with Gasteiger partial charge in [0, 0.05) is 24.3 Å². The molecule has 32 heavy (non-hydrogen) atoms. The average molecular weight is 452 g/mol. The molecule has 7 nitrogen and oxygen atoms in total. The van der Waals surface area contributed by atoms with Gasteiger partial charge in [-0.1, -0.05) is 37.7 Å². The van der Waals surface area contributed by atoms with E-state index in [0.717, 1.165) is 54.3 Å². The number of hydrogen-bond acceptors (Lipinski definition) is 5. The second kappa shape index (κ2) is 8.75. The average Bonchev–Trinajstić information content (AvgIpc) is 3.14. The number of nitrogens with zero attached hydrogens (tertiary/aromatic N) is 2. The molecule has 3 aliphatic heterocycles. The molecule has 8 heteroatoms. The maximum absolute atomic E-state index is 13.3. The highest BCUT2D eigenvalue weighted by Gasteiger charge is 2.46. The molecule has 168 valence electrons. The lowest BCUT2D eigenvalue weighted by molar-refractivity contribution is -0.121. The summed E-state index contributed by atoms with van der Waals surface area (Å²) in [5, 5.41) is 10.0. The Kier molecular flexibility index (Phi) is 5.82. The highest BCUT2D eigenvalue weighted by molar-refractivity contribution is 8.01. The molecule has 0 spiro atoms. The first kappa shape index (κ1) is 21.3. The zero-order valence-electron chi connectivity index (χ0n) is 18.4. The fourth-order valence-corrected chi connectivity index (χ4v) is 6.07. The van der Waals surface area contributed by atoms with Crippen LogP contribution in [0, 0.1) is 5.92 Å². The van der Waals surface area contributed by atoms with Gasteiger partial charge in [0.05, 0.1) is 17.4 Å². The molecule has 1 fully saturated rings. The van der Waals surface area contributed by atoms with Gasteiger partial charge in [0.1, 0.15) is 10.3 Å². The van der Waals surface area contributed by atoms with E-state index < -0.39 is 5.25 Å². The maximum atomic E-state index is 13.3. The third-order valence-corrected chi connectivity index (χ3v) is 7.51. The summed E-state index contributed by atoms with van der Waals surface area (Å²) >= 11 is 1.45. The third-order valence-electron chi connectivity index (χ3n) is 6.22. The van der Waals surface area contributed by atoms with E-state index in [0.29, 0.717) is 5.92 Å². The van der Waals surface area contributed by atoms with Crippen LogP contribution in [-0.4, -0.2) is 41.3 Å². The Bertz CT molecular complexity index is 1040. The van der Waals surface area contributed by atoms with Crippen LogP contribution in [0.15, 0.2) is 41.6 Å². The number of carbonyl (C=O) groups excluding carboxylic acids is 2. The van der Waals surface area contributed by atoms with Gasteiger partial charge in [-0.05, 0) is 55.5 Å².